The molecule has 1 amide bonds. The van der Waals surface area contributed by atoms with Gasteiger partial charge in [-0.25, -0.2) is 15.0 Å². The summed E-state index contributed by atoms with van der Waals surface area (Å²) < 4.78 is 0. The number of nitrogens with one attached hydrogen (secondary N) is 2. The average molecular weight is 305 g/mol. The van der Waals surface area contributed by atoms with Crippen molar-refractivity contribution in [2.45, 2.75) is 33.2 Å². The highest BCUT2D eigenvalue weighted by molar-refractivity contribution is 7.09. The summed E-state index contributed by atoms with van der Waals surface area (Å²) in [6, 6.07) is 0. The largest absolute Gasteiger partial charge is 0.385 e. The molecule has 2 rings (SSSR count). The van der Waals surface area contributed by atoms with Crippen LogP contribution < -0.4 is 10.6 Å². The quantitative estimate of drug-likeness (QED) is 0.886. The molecule has 0 saturated carbocycles. The van der Waals surface area contributed by atoms with Crippen LogP contribution in [0.15, 0.2) is 11.7 Å². The molecule has 112 valence electrons. The van der Waals surface area contributed by atoms with Crippen LogP contribution in [0.25, 0.3) is 0 Å². The third-order valence-electron chi connectivity index (χ3n) is 3.06. The Bertz CT molecular complexity index is 638. The lowest BCUT2D eigenvalue weighted by Gasteiger charge is -2.11. The van der Waals surface area contributed by atoms with E-state index >= 15 is 0 Å². The number of aryl methyl sites for hydroxylation is 1. The molecule has 0 atom stereocenters. The SMILES string of the molecule is CNc1cnc(C(C)C)nc1C(=O)NCc1scnc1C. The first-order valence-corrected chi connectivity index (χ1v) is 7.62. The van der Waals surface area contributed by atoms with Crippen molar-refractivity contribution in [3.8, 4) is 0 Å². The minimum atomic E-state index is -0.212. The van der Waals surface area contributed by atoms with E-state index in [1.54, 1.807) is 18.8 Å². The molecule has 2 aromatic rings. The molecule has 0 aromatic carbocycles. The Balaban J connectivity index is 2.17. The molecule has 0 saturated heterocycles. The van der Waals surface area contributed by atoms with Gasteiger partial charge in [-0.15, -0.1) is 11.3 Å². The van der Waals surface area contributed by atoms with Crippen LogP contribution in [-0.2, 0) is 6.54 Å². The van der Waals surface area contributed by atoms with E-state index in [1.807, 2.05) is 20.8 Å². The Hall–Kier alpha value is -2.02. The average Bonchev–Trinajstić information content (AvgIpc) is 2.89. The number of carbonyl (C=O) groups excluding carboxylic acids is 1. The highest BCUT2D eigenvalue weighted by Crippen LogP contribution is 2.16. The monoisotopic (exact) mass is 305 g/mol. The van der Waals surface area contributed by atoms with Crippen LogP contribution in [0, 0.1) is 6.92 Å². The summed E-state index contributed by atoms with van der Waals surface area (Å²) >= 11 is 1.53. The molecular weight excluding hydrogens is 286 g/mol. The van der Waals surface area contributed by atoms with Crippen LogP contribution in [0.1, 0.15) is 46.6 Å². The Kier molecular flexibility index (Phi) is 4.85. The molecule has 0 aliphatic rings. The van der Waals surface area contributed by atoms with E-state index in [-0.39, 0.29) is 11.8 Å². The second-order valence-corrected chi connectivity index (χ2v) is 5.88. The van der Waals surface area contributed by atoms with E-state index in [0.29, 0.717) is 23.8 Å². The highest BCUT2D eigenvalue weighted by atomic mass is 32.1. The van der Waals surface area contributed by atoms with Gasteiger partial charge in [-0.05, 0) is 6.92 Å². The summed E-state index contributed by atoms with van der Waals surface area (Å²) in [6.07, 6.45) is 1.65. The van der Waals surface area contributed by atoms with Crippen LogP contribution in [-0.4, -0.2) is 27.9 Å². The lowest BCUT2D eigenvalue weighted by Crippen LogP contribution is -2.25. The van der Waals surface area contributed by atoms with Crippen molar-refractivity contribution in [2.24, 2.45) is 0 Å². The number of rotatable bonds is 5. The molecule has 0 aliphatic carbocycles. The molecule has 0 unspecified atom stereocenters. The van der Waals surface area contributed by atoms with Crippen LogP contribution in [0.2, 0.25) is 0 Å². The molecule has 21 heavy (non-hydrogen) atoms. The third-order valence-corrected chi connectivity index (χ3v) is 4.00. The topological polar surface area (TPSA) is 79.8 Å². The minimum Gasteiger partial charge on any atom is -0.385 e. The Morgan fingerprint density at radius 3 is 2.71 bits per heavy atom. The maximum atomic E-state index is 12.3. The first-order chi connectivity index (χ1) is 10.0. The smallest absolute Gasteiger partial charge is 0.272 e. The molecule has 0 bridgehead atoms. The van der Waals surface area contributed by atoms with Crippen LogP contribution >= 0.6 is 11.3 Å². The second kappa shape index (κ2) is 6.62. The van der Waals surface area contributed by atoms with Crippen LogP contribution in [0.5, 0.6) is 0 Å². The van der Waals surface area contributed by atoms with Crippen molar-refractivity contribution < 1.29 is 4.79 Å². The summed E-state index contributed by atoms with van der Waals surface area (Å²) in [4.78, 5) is 26.2. The summed E-state index contributed by atoms with van der Waals surface area (Å²) in [5.74, 6) is 0.621. The van der Waals surface area contributed by atoms with Crippen LogP contribution in [0.3, 0.4) is 0 Å². The third kappa shape index (κ3) is 3.55. The van der Waals surface area contributed by atoms with E-state index < -0.39 is 0 Å². The fourth-order valence-corrected chi connectivity index (χ4v) is 2.49. The molecule has 0 aliphatic heterocycles. The zero-order valence-electron chi connectivity index (χ0n) is 12.6. The normalized spacial score (nSPS) is 10.7. The fraction of sp³-hybridized carbons (Fsp3) is 0.429. The minimum absolute atomic E-state index is 0.172. The molecule has 2 heterocycles. The van der Waals surface area contributed by atoms with Crippen molar-refractivity contribution in [2.75, 3.05) is 12.4 Å². The van der Waals surface area contributed by atoms with Crippen molar-refractivity contribution in [1.29, 1.82) is 0 Å². The van der Waals surface area contributed by atoms with Gasteiger partial charge in [0.15, 0.2) is 5.69 Å². The summed E-state index contributed by atoms with van der Waals surface area (Å²) in [5, 5.41) is 5.84. The number of hydrogen-bond acceptors (Lipinski definition) is 6. The standard InChI is InChI=1S/C14H19N5OS/c1-8(2)13-16-5-10(15-4)12(19-13)14(20)17-6-11-9(3)18-7-21-11/h5,7-8,15H,6H2,1-4H3,(H,17,20). The molecule has 0 fully saturated rings. The molecule has 6 nitrogen and oxygen atoms in total. The molecule has 0 spiro atoms. The maximum Gasteiger partial charge on any atom is 0.272 e. The first-order valence-electron chi connectivity index (χ1n) is 6.74. The summed E-state index contributed by atoms with van der Waals surface area (Å²) in [5.41, 5.74) is 3.72. The number of anilines is 1. The lowest BCUT2D eigenvalue weighted by molar-refractivity contribution is 0.0946. The predicted molar refractivity (Wildman–Crippen MR) is 83.7 cm³/mol. The summed E-state index contributed by atoms with van der Waals surface area (Å²) in [7, 11) is 1.75. The van der Waals surface area contributed by atoms with Gasteiger partial charge in [0.1, 0.15) is 5.82 Å². The van der Waals surface area contributed by atoms with E-state index in [9.17, 15) is 4.79 Å². The predicted octanol–water partition coefficient (Wildman–Crippen LogP) is 2.34. The van der Waals surface area contributed by atoms with E-state index in [1.165, 1.54) is 11.3 Å². The fourth-order valence-electron chi connectivity index (χ4n) is 1.77. The molecule has 2 aromatic heterocycles. The molecule has 7 heteroatoms. The van der Waals surface area contributed by atoms with Gasteiger partial charge in [-0.2, -0.15) is 0 Å². The number of aromatic nitrogens is 3. The number of nitrogens with zero attached hydrogens (tertiary/aromatic N) is 3. The summed E-state index contributed by atoms with van der Waals surface area (Å²) in [6.45, 7) is 6.38. The van der Waals surface area contributed by atoms with Gasteiger partial charge < -0.3 is 10.6 Å². The van der Waals surface area contributed by atoms with Crippen molar-refractivity contribution >= 4 is 22.9 Å². The Labute approximate surface area is 128 Å². The molecule has 0 radical (unpaired) electrons. The van der Waals surface area contributed by atoms with E-state index in [4.69, 9.17) is 0 Å². The van der Waals surface area contributed by atoms with Gasteiger partial charge in [0.05, 0.1) is 29.6 Å². The van der Waals surface area contributed by atoms with Crippen LogP contribution in [0.4, 0.5) is 5.69 Å². The second-order valence-electron chi connectivity index (χ2n) is 4.94. The van der Waals surface area contributed by atoms with Gasteiger partial charge in [0, 0.05) is 17.8 Å². The first kappa shape index (κ1) is 15.4. The number of hydrogen-bond donors (Lipinski definition) is 2. The Morgan fingerprint density at radius 1 is 1.38 bits per heavy atom. The lowest BCUT2D eigenvalue weighted by atomic mass is 10.2. The van der Waals surface area contributed by atoms with Crippen molar-refractivity contribution in [3.05, 3.63) is 33.8 Å². The van der Waals surface area contributed by atoms with Gasteiger partial charge >= 0.3 is 0 Å². The molecular formula is C14H19N5OS. The zero-order chi connectivity index (χ0) is 15.4. The van der Waals surface area contributed by atoms with Gasteiger partial charge in [0.25, 0.3) is 5.91 Å². The van der Waals surface area contributed by atoms with Crippen molar-refractivity contribution in [3.63, 3.8) is 0 Å². The van der Waals surface area contributed by atoms with Gasteiger partial charge in [-0.1, -0.05) is 13.8 Å². The number of amides is 1. The molecule has 2 N–H and O–H groups in total. The zero-order valence-corrected chi connectivity index (χ0v) is 13.4. The van der Waals surface area contributed by atoms with E-state index in [0.717, 1.165) is 10.6 Å². The van der Waals surface area contributed by atoms with Gasteiger partial charge in [0.2, 0.25) is 0 Å². The van der Waals surface area contributed by atoms with Crippen molar-refractivity contribution in [1.82, 2.24) is 20.3 Å². The number of thiazole rings is 1. The van der Waals surface area contributed by atoms with E-state index in [2.05, 4.69) is 25.6 Å². The van der Waals surface area contributed by atoms with Gasteiger partial charge in [-0.3, -0.25) is 4.79 Å². The Morgan fingerprint density at radius 2 is 2.14 bits per heavy atom. The highest BCUT2D eigenvalue weighted by Gasteiger charge is 2.16. The number of carbonyl (C=O) groups is 1. The maximum absolute atomic E-state index is 12.3.